The Morgan fingerprint density at radius 3 is 3.00 bits per heavy atom. The van der Waals surface area contributed by atoms with Gasteiger partial charge in [0.25, 0.3) is 11.6 Å². The average molecular weight is 337 g/mol. The number of rotatable bonds is 5. The van der Waals surface area contributed by atoms with E-state index in [1.54, 1.807) is 42.6 Å². The van der Waals surface area contributed by atoms with Gasteiger partial charge in [-0.3, -0.25) is 4.79 Å². The van der Waals surface area contributed by atoms with Crippen molar-refractivity contribution in [1.82, 2.24) is 9.38 Å². The summed E-state index contributed by atoms with van der Waals surface area (Å²) in [6.07, 6.45) is 1.81. The number of fused-ring (bicyclic) bond motifs is 1. The zero-order valence-corrected chi connectivity index (χ0v) is 13.5. The fourth-order valence-corrected chi connectivity index (χ4v) is 2.54. The van der Waals surface area contributed by atoms with Gasteiger partial charge >= 0.3 is 0 Å². The number of carbonyl (C=O) groups is 1. The molecule has 3 heterocycles. The highest BCUT2D eigenvalue weighted by Crippen LogP contribution is 2.17. The molecule has 1 amide bonds. The molecular formula is C17H15N5O3. The lowest BCUT2D eigenvalue weighted by Crippen LogP contribution is -2.36. The molecule has 0 radical (unpaired) electrons. The molecule has 0 saturated heterocycles. The molecule has 0 aliphatic carbocycles. The molecule has 0 atom stereocenters. The number of ether oxygens (including phenoxy) is 1. The molecular weight excluding hydrogens is 322 g/mol. The van der Waals surface area contributed by atoms with Crippen LogP contribution in [0.15, 0.2) is 42.6 Å². The molecule has 126 valence electrons. The standard InChI is InChI=1S/C17H15N5O3/c1-25-13-7-4-6-12(19-13)20-16(23)15-17(24)22(11-5-9-18)14-8-2-3-10-21(14)15/h2-4,6-8,10H,5,11H2,1H3,(H-,19,20,23,24). The number of hydrogen-bond donors (Lipinski definition) is 1. The zero-order valence-electron chi connectivity index (χ0n) is 13.5. The lowest BCUT2D eigenvalue weighted by molar-refractivity contribution is -0.711. The van der Waals surface area contributed by atoms with Gasteiger partial charge in [-0.25, -0.2) is 4.57 Å². The number of methoxy groups -OCH3 is 1. The van der Waals surface area contributed by atoms with E-state index >= 15 is 0 Å². The SMILES string of the molecule is COc1cccc(NC(=O)c2c([O-])[n+](CCC#N)c3ccccn23)n1. The van der Waals surface area contributed by atoms with E-state index < -0.39 is 11.8 Å². The lowest BCUT2D eigenvalue weighted by Gasteiger charge is -2.07. The summed E-state index contributed by atoms with van der Waals surface area (Å²) in [6, 6.07) is 12.2. The summed E-state index contributed by atoms with van der Waals surface area (Å²) < 4.78 is 7.94. The Morgan fingerprint density at radius 2 is 2.24 bits per heavy atom. The van der Waals surface area contributed by atoms with E-state index in [4.69, 9.17) is 10.00 Å². The number of aromatic nitrogens is 3. The summed E-state index contributed by atoms with van der Waals surface area (Å²) in [5.74, 6) is -0.410. The van der Waals surface area contributed by atoms with E-state index in [-0.39, 0.29) is 24.5 Å². The van der Waals surface area contributed by atoms with Gasteiger partial charge in [0.15, 0.2) is 0 Å². The molecule has 0 unspecified atom stereocenters. The third-order valence-electron chi connectivity index (χ3n) is 3.64. The summed E-state index contributed by atoms with van der Waals surface area (Å²) in [4.78, 5) is 16.8. The van der Waals surface area contributed by atoms with E-state index in [9.17, 15) is 9.90 Å². The summed E-state index contributed by atoms with van der Waals surface area (Å²) in [7, 11) is 1.47. The van der Waals surface area contributed by atoms with Crippen molar-refractivity contribution in [3.05, 3.63) is 48.3 Å². The lowest BCUT2D eigenvalue weighted by atomic mass is 10.3. The molecule has 25 heavy (non-hydrogen) atoms. The molecule has 8 nitrogen and oxygen atoms in total. The van der Waals surface area contributed by atoms with Crippen LogP contribution in [0.1, 0.15) is 16.9 Å². The Kier molecular flexibility index (Phi) is 4.48. The van der Waals surface area contributed by atoms with Crippen molar-refractivity contribution in [2.45, 2.75) is 13.0 Å². The van der Waals surface area contributed by atoms with Gasteiger partial charge in [0, 0.05) is 12.1 Å². The minimum absolute atomic E-state index is 0.0434. The number of nitrogens with one attached hydrogen (secondary N) is 1. The van der Waals surface area contributed by atoms with Crippen molar-refractivity contribution in [3.63, 3.8) is 0 Å². The first-order valence-electron chi connectivity index (χ1n) is 7.55. The molecule has 0 bridgehead atoms. The minimum Gasteiger partial charge on any atom is -0.839 e. The molecule has 0 aliphatic rings. The summed E-state index contributed by atoms with van der Waals surface area (Å²) in [6.45, 7) is 0.216. The van der Waals surface area contributed by atoms with Crippen LogP contribution in [0.2, 0.25) is 0 Å². The summed E-state index contributed by atoms with van der Waals surface area (Å²) in [5, 5.41) is 24.1. The third kappa shape index (κ3) is 3.07. The van der Waals surface area contributed by atoms with Crippen LogP contribution >= 0.6 is 0 Å². The number of anilines is 1. The highest BCUT2D eigenvalue weighted by Gasteiger charge is 2.25. The van der Waals surface area contributed by atoms with Gasteiger partial charge in [0.05, 0.1) is 25.8 Å². The predicted molar refractivity (Wildman–Crippen MR) is 86.0 cm³/mol. The molecule has 0 fully saturated rings. The minimum atomic E-state index is -0.581. The first-order valence-corrected chi connectivity index (χ1v) is 7.55. The number of amides is 1. The van der Waals surface area contributed by atoms with Crippen molar-refractivity contribution < 1.29 is 19.2 Å². The van der Waals surface area contributed by atoms with Gasteiger partial charge < -0.3 is 15.2 Å². The van der Waals surface area contributed by atoms with Gasteiger partial charge in [0.1, 0.15) is 18.2 Å². The third-order valence-corrected chi connectivity index (χ3v) is 3.64. The Morgan fingerprint density at radius 1 is 1.40 bits per heavy atom. The summed E-state index contributed by atoms with van der Waals surface area (Å²) >= 11 is 0. The Labute approximate surface area is 143 Å². The van der Waals surface area contributed by atoms with Gasteiger partial charge in [0.2, 0.25) is 11.6 Å². The van der Waals surface area contributed by atoms with Gasteiger partial charge in [-0.05, 0) is 12.1 Å². The molecule has 1 N–H and O–H groups in total. The highest BCUT2D eigenvalue weighted by atomic mass is 16.5. The molecule has 8 heteroatoms. The fraction of sp³-hybridized carbons (Fsp3) is 0.176. The average Bonchev–Trinajstić information content (AvgIpc) is 2.91. The van der Waals surface area contributed by atoms with Crippen molar-refractivity contribution in [1.29, 1.82) is 5.26 Å². The van der Waals surface area contributed by atoms with Crippen molar-refractivity contribution in [3.8, 4) is 17.8 Å². The number of nitriles is 1. The van der Waals surface area contributed by atoms with Crippen LogP contribution in [-0.4, -0.2) is 22.4 Å². The van der Waals surface area contributed by atoms with Crippen molar-refractivity contribution >= 4 is 17.4 Å². The molecule has 0 aromatic carbocycles. The molecule has 0 spiro atoms. The second-order valence-electron chi connectivity index (χ2n) is 5.16. The Balaban J connectivity index is 2.01. The van der Waals surface area contributed by atoms with Gasteiger partial charge in [-0.15, -0.1) is 0 Å². The van der Waals surface area contributed by atoms with E-state index in [0.717, 1.165) is 0 Å². The number of pyridine rings is 2. The topological polar surface area (TPSA) is 106 Å². The first kappa shape index (κ1) is 16.3. The number of aryl methyl sites for hydroxylation is 1. The van der Waals surface area contributed by atoms with Crippen LogP contribution < -0.4 is 19.7 Å². The quantitative estimate of drug-likeness (QED) is 0.695. The second-order valence-corrected chi connectivity index (χ2v) is 5.16. The number of imidazole rings is 1. The van der Waals surface area contributed by atoms with Crippen molar-refractivity contribution in [2.24, 2.45) is 0 Å². The summed E-state index contributed by atoms with van der Waals surface area (Å²) in [5.41, 5.74) is 0.504. The molecule has 3 rings (SSSR count). The van der Waals surface area contributed by atoms with Crippen LogP contribution in [-0.2, 0) is 6.54 Å². The largest absolute Gasteiger partial charge is 0.839 e. The van der Waals surface area contributed by atoms with Gasteiger partial charge in [-0.2, -0.15) is 14.6 Å². The zero-order chi connectivity index (χ0) is 17.8. The fourth-order valence-electron chi connectivity index (χ4n) is 2.54. The van der Waals surface area contributed by atoms with E-state index in [0.29, 0.717) is 11.5 Å². The van der Waals surface area contributed by atoms with Crippen molar-refractivity contribution in [2.75, 3.05) is 12.4 Å². The normalized spacial score (nSPS) is 10.4. The maximum absolute atomic E-state index is 12.7. The van der Waals surface area contributed by atoms with E-state index in [1.807, 2.05) is 6.07 Å². The van der Waals surface area contributed by atoms with Crippen LogP contribution in [0.3, 0.4) is 0 Å². The number of hydrogen-bond acceptors (Lipinski definition) is 5. The molecule has 3 aromatic rings. The van der Waals surface area contributed by atoms with Crippen LogP contribution in [0.4, 0.5) is 5.82 Å². The maximum atomic E-state index is 12.7. The molecule has 0 saturated carbocycles. The van der Waals surface area contributed by atoms with Crippen LogP contribution in [0.25, 0.3) is 5.65 Å². The molecule has 3 aromatic heterocycles. The monoisotopic (exact) mass is 337 g/mol. The smallest absolute Gasteiger partial charge is 0.300 e. The highest BCUT2D eigenvalue weighted by molar-refractivity contribution is 6.04. The van der Waals surface area contributed by atoms with Gasteiger partial charge in [-0.1, -0.05) is 12.1 Å². The Hall–Kier alpha value is -3.60. The predicted octanol–water partition coefficient (Wildman–Crippen LogP) is 0.870. The molecule has 0 aliphatic heterocycles. The second kappa shape index (κ2) is 6.88. The maximum Gasteiger partial charge on any atom is 0.300 e. The number of nitrogens with zero attached hydrogens (tertiary/aromatic N) is 4. The van der Waals surface area contributed by atoms with Crippen LogP contribution in [0.5, 0.6) is 11.8 Å². The van der Waals surface area contributed by atoms with E-state index in [1.165, 1.54) is 16.1 Å². The number of carbonyl (C=O) groups excluding carboxylic acids is 1. The first-order chi connectivity index (χ1) is 12.2. The van der Waals surface area contributed by atoms with Crippen LogP contribution in [0, 0.1) is 11.3 Å². The van der Waals surface area contributed by atoms with E-state index in [2.05, 4.69) is 10.3 Å². The Bertz CT molecular complexity index is 974.